The first-order valence-corrected chi connectivity index (χ1v) is 18.4. The lowest BCUT2D eigenvalue weighted by molar-refractivity contribution is 0.360. The molecule has 46 heavy (non-hydrogen) atoms. The number of fused-ring (bicyclic) bond motifs is 2. The quantitative estimate of drug-likeness (QED) is 0.117. The van der Waals surface area contributed by atoms with Crippen LogP contribution in [0.4, 0.5) is 0 Å². The summed E-state index contributed by atoms with van der Waals surface area (Å²) in [6.45, 7) is 21.8. The molecule has 6 atom stereocenters. The summed E-state index contributed by atoms with van der Waals surface area (Å²) in [4.78, 5) is 0. The molecule has 0 aliphatic heterocycles. The van der Waals surface area contributed by atoms with Crippen LogP contribution < -0.4 is 10.6 Å². The second kappa shape index (κ2) is 17.0. The maximum absolute atomic E-state index is 10.6. The molecule has 0 fully saturated rings. The van der Waals surface area contributed by atoms with E-state index in [1.54, 1.807) is 0 Å². The van der Waals surface area contributed by atoms with Crippen LogP contribution in [0.15, 0.2) is 47.6 Å². The Bertz CT molecular complexity index is 1250. The van der Waals surface area contributed by atoms with E-state index in [1.165, 1.54) is 83.1 Å². The van der Waals surface area contributed by atoms with E-state index in [0.29, 0.717) is 47.0 Å². The zero-order valence-electron chi connectivity index (χ0n) is 30.3. The average Bonchev–Trinajstić information content (AvgIpc) is 2.98. The fraction of sp³-hybridized carbons (Fsp3) is 0.619. The van der Waals surface area contributed by atoms with E-state index in [1.807, 2.05) is 12.1 Å². The Morgan fingerprint density at radius 2 is 1.09 bits per heavy atom. The summed E-state index contributed by atoms with van der Waals surface area (Å²) in [5.74, 6) is 4.23. The number of allylic oxidation sites excluding steroid dienone is 2. The average molecular weight is 629 g/mol. The monoisotopic (exact) mass is 628 g/mol. The topological polar surface area (TPSA) is 64.5 Å². The van der Waals surface area contributed by atoms with Gasteiger partial charge in [-0.15, -0.1) is 0 Å². The predicted octanol–water partition coefficient (Wildman–Crippen LogP) is 10.3. The molecule has 0 aromatic heterocycles. The summed E-state index contributed by atoms with van der Waals surface area (Å²) >= 11 is 0. The van der Waals surface area contributed by atoms with E-state index in [2.05, 4.69) is 90.3 Å². The minimum atomic E-state index is 0.451. The summed E-state index contributed by atoms with van der Waals surface area (Å²) in [5.41, 5.74) is 10.4. The number of phenolic OH excluding ortho intramolecular Hbond substituents is 2. The molecule has 0 amide bonds. The number of aryl methyl sites for hydroxylation is 2. The van der Waals surface area contributed by atoms with Gasteiger partial charge in [-0.2, -0.15) is 0 Å². The Hall–Kier alpha value is -2.56. The van der Waals surface area contributed by atoms with Crippen molar-refractivity contribution in [1.29, 1.82) is 0 Å². The number of hydrogen-bond donors (Lipinski definition) is 4. The number of phenols is 2. The van der Waals surface area contributed by atoms with Gasteiger partial charge in [-0.3, -0.25) is 0 Å². The highest BCUT2D eigenvalue weighted by atomic mass is 16.3. The van der Waals surface area contributed by atoms with Crippen molar-refractivity contribution in [3.8, 4) is 11.5 Å². The van der Waals surface area contributed by atoms with Crippen molar-refractivity contribution in [3.63, 3.8) is 0 Å². The van der Waals surface area contributed by atoms with Crippen LogP contribution in [0.5, 0.6) is 11.5 Å². The first-order valence-electron chi connectivity index (χ1n) is 18.4. The Labute approximate surface area is 281 Å². The van der Waals surface area contributed by atoms with E-state index in [-0.39, 0.29) is 0 Å². The zero-order valence-corrected chi connectivity index (χ0v) is 30.3. The van der Waals surface area contributed by atoms with Gasteiger partial charge in [-0.05, 0) is 149 Å². The van der Waals surface area contributed by atoms with E-state index < -0.39 is 0 Å². The van der Waals surface area contributed by atoms with Crippen molar-refractivity contribution in [2.45, 2.75) is 130 Å². The Morgan fingerprint density at radius 3 is 1.48 bits per heavy atom. The molecular formula is C42H64N2O2. The van der Waals surface area contributed by atoms with E-state index in [9.17, 15) is 10.2 Å². The molecule has 254 valence electrons. The van der Waals surface area contributed by atoms with Crippen LogP contribution in [0.25, 0.3) is 0 Å². The zero-order chi connectivity index (χ0) is 33.4. The van der Waals surface area contributed by atoms with Crippen molar-refractivity contribution in [1.82, 2.24) is 10.6 Å². The molecule has 2 aromatic rings. The third kappa shape index (κ3) is 9.50. The molecule has 4 nitrogen and oxygen atoms in total. The second-order valence-corrected chi connectivity index (χ2v) is 15.3. The highest BCUT2D eigenvalue weighted by Gasteiger charge is 2.31. The number of nitrogens with one attached hydrogen (secondary N) is 2. The van der Waals surface area contributed by atoms with Crippen molar-refractivity contribution in [2.24, 2.45) is 11.8 Å². The third-order valence-corrected chi connectivity index (χ3v) is 11.2. The molecule has 2 aliphatic carbocycles. The largest absolute Gasteiger partial charge is 0.508 e. The molecule has 0 saturated carbocycles. The van der Waals surface area contributed by atoms with Crippen molar-refractivity contribution < 1.29 is 10.2 Å². The fourth-order valence-corrected chi connectivity index (χ4v) is 8.42. The highest BCUT2D eigenvalue weighted by molar-refractivity contribution is 5.49. The summed E-state index contributed by atoms with van der Waals surface area (Å²) in [7, 11) is 0. The molecule has 2 aromatic carbocycles. The van der Waals surface area contributed by atoms with Crippen LogP contribution >= 0.6 is 0 Å². The maximum Gasteiger partial charge on any atom is 0.119 e. The SMILES string of the molecule is C/C(=C\CC[C@H](C)[C@@H]1CC[C@@H](C)c2c(O)cc(C)cc21)CNCCNC/C(C)=C/CC[C@H](C)[C@@H]1CC[C@@H](C)c2c(O)cc(C)cc21. The first kappa shape index (κ1) is 36.3. The van der Waals surface area contributed by atoms with Gasteiger partial charge >= 0.3 is 0 Å². The Kier molecular flexibility index (Phi) is 13.4. The lowest BCUT2D eigenvalue weighted by Gasteiger charge is -2.34. The van der Waals surface area contributed by atoms with E-state index in [4.69, 9.17) is 0 Å². The molecule has 0 bridgehead atoms. The molecule has 0 heterocycles. The summed E-state index contributed by atoms with van der Waals surface area (Å²) in [5, 5.41) is 28.5. The van der Waals surface area contributed by atoms with Crippen molar-refractivity contribution in [2.75, 3.05) is 26.2 Å². The molecule has 0 saturated heterocycles. The predicted molar refractivity (Wildman–Crippen MR) is 197 cm³/mol. The normalized spacial score (nSPS) is 23.1. The van der Waals surface area contributed by atoms with Gasteiger partial charge in [0.1, 0.15) is 11.5 Å². The molecule has 4 rings (SSSR count). The maximum atomic E-state index is 10.6. The van der Waals surface area contributed by atoms with Gasteiger partial charge in [0.25, 0.3) is 0 Å². The molecule has 4 N–H and O–H groups in total. The van der Waals surface area contributed by atoms with Crippen LogP contribution in [0.1, 0.15) is 150 Å². The molecule has 0 unspecified atom stereocenters. The van der Waals surface area contributed by atoms with Crippen molar-refractivity contribution >= 4 is 0 Å². The standard InChI is InChI=1S/C42H64N2O2/c1-27(11-9-13-31(5)35-17-15-33(7)41-37(35)21-29(3)23-39(41)45)25-43-19-20-44-26-28(2)12-10-14-32(6)36-18-16-34(8)42-38(36)22-30(4)24-40(42)46/h11-12,21-24,31-36,43-46H,9-10,13-20,25-26H2,1-8H3/b27-11+,28-12+/t31-,32-,33+,34+,35-,36-/m0/s1. The second-order valence-electron chi connectivity index (χ2n) is 15.3. The number of aromatic hydroxyl groups is 2. The first-order chi connectivity index (χ1) is 22.0. The lowest BCUT2D eigenvalue weighted by Crippen LogP contribution is -2.29. The lowest BCUT2D eigenvalue weighted by atomic mass is 9.71. The minimum absolute atomic E-state index is 0.451. The van der Waals surface area contributed by atoms with Crippen LogP contribution in [0, 0.1) is 25.7 Å². The van der Waals surface area contributed by atoms with Crippen molar-refractivity contribution in [3.05, 3.63) is 80.9 Å². The van der Waals surface area contributed by atoms with Gasteiger partial charge < -0.3 is 20.8 Å². The minimum Gasteiger partial charge on any atom is -0.508 e. The van der Waals surface area contributed by atoms with Gasteiger partial charge in [0.15, 0.2) is 0 Å². The number of benzene rings is 2. The van der Waals surface area contributed by atoms with Gasteiger partial charge in [-0.1, -0.05) is 63.1 Å². The summed E-state index contributed by atoms with van der Waals surface area (Å²) < 4.78 is 0. The number of rotatable bonds is 15. The Balaban J connectivity index is 1.10. The van der Waals surface area contributed by atoms with Crippen LogP contribution in [-0.4, -0.2) is 36.4 Å². The van der Waals surface area contributed by atoms with E-state index in [0.717, 1.165) is 39.0 Å². The van der Waals surface area contributed by atoms with Gasteiger partial charge in [-0.25, -0.2) is 0 Å². The van der Waals surface area contributed by atoms with Crippen LogP contribution in [-0.2, 0) is 0 Å². The smallest absolute Gasteiger partial charge is 0.119 e. The van der Waals surface area contributed by atoms with Gasteiger partial charge in [0.05, 0.1) is 0 Å². The van der Waals surface area contributed by atoms with Crippen LogP contribution in [0.2, 0.25) is 0 Å². The molecule has 0 spiro atoms. The molecule has 4 heteroatoms. The third-order valence-electron chi connectivity index (χ3n) is 11.2. The van der Waals surface area contributed by atoms with Gasteiger partial charge in [0.2, 0.25) is 0 Å². The van der Waals surface area contributed by atoms with E-state index >= 15 is 0 Å². The molecule has 0 radical (unpaired) electrons. The van der Waals surface area contributed by atoms with Gasteiger partial charge in [0, 0.05) is 37.3 Å². The number of hydrogen-bond acceptors (Lipinski definition) is 4. The summed E-state index contributed by atoms with van der Waals surface area (Å²) in [6.07, 6.45) is 14.2. The fourth-order valence-electron chi connectivity index (χ4n) is 8.42. The van der Waals surface area contributed by atoms with Crippen LogP contribution in [0.3, 0.4) is 0 Å². The Morgan fingerprint density at radius 1 is 0.696 bits per heavy atom. The highest BCUT2D eigenvalue weighted by Crippen LogP contribution is 2.48. The molecular weight excluding hydrogens is 564 g/mol. The molecule has 2 aliphatic rings. The summed E-state index contributed by atoms with van der Waals surface area (Å²) in [6, 6.07) is 8.52.